The quantitative estimate of drug-likeness (QED) is 0.321. The Kier molecular flexibility index (Phi) is 7.52. The zero-order valence-electron chi connectivity index (χ0n) is 22.1. The van der Waals surface area contributed by atoms with Gasteiger partial charge in [0.05, 0.1) is 25.1 Å². The number of thioether (sulfide) groups is 1. The number of aromatic nitrogens is 3. The molecule has 1 unspecified atom stereocenters. The Bertz CT molecular complexity index is 1740. The number of anilines is 2. The minimum atomic E-state index is -1.29. The maximum absolute atomic E-state index is 15.7. The molecule has 2 aromatic heterocycles. The van der Waals surface area contributed by atoms with Crippen molar-refractivity contribution in [2.24, 2.45) is 10.9 Å². The van der Waals surface area contributed by atoms with Crippen molar-refractivity contribution in [1.82, 2.24) is 20.3 Å². The van der Waals surface area contributed by atoms with Crippen LogP contribution in [0.15, 0.2) is 78.2 Å². The number of benzene rings is 2. The summed E-state index contributed by atoms with van der Waals surface area (Å²) >= 11 is 1.29. The molecular weight excluding hydrogens is 586 g/mol. The largest absolute Gasteiger partial charge is 0.338 e. The number of nitrogens with one attached hydrogen (secondary N) is 2. The number of aliphatic imine (C=N–C) groups is 1. The Balaban J connectivity index is 1.38. The van der Waals surface area contributed by atoms with Gasteiger partial charge in [-0.1, -0.05) is 30.0 Å². The Morgan fingerprint density at radius 2 is 1.60 bits per heavy atom. The zero-order valence-corrected chi connectivity index (χ0v) is 22.9. The highest BCUT2D eigenvalue weighted by Crippen LogP contribution is 2.47. The maximum Gasteiger partial charge on any atom is 0.277 e. The predicted octanol–water partition coefficient (Wildman–Crippen LogP) is 4.54. The van der Waals surface area contributed by atoms with Crippen molar-refractivity contribution in [3.8, 4) is 0 Å². The van der Waals surface area contributed by atoms with E-state index < -0.39 is 46.3 Å². The molecule has 2 aliphatic heterocycles. The number of halogens is 4. The van der Waals surface area contributed by atoms with E-state index >= 15 is 4.39 Å². The van der Waals surface area contributed by atoms with Gasteiger partial charge in [-0.3, -0.25) is 9.59 Å². The number of rotatable bonds is 5. The van der Waals surface area contributed by atoms with E-state index in [2.05, 4.69) is 25.6 Å². The average molecular weight is 608 g/mol. The van der Waals surface area contributed by atoms with Gasteiger partial charge in [0.2, 0.25) is 5.95 Å². The molecule has 9 nitrogen and oxygen atoms in total. The van der Waals surface area contributed by atoms with Gasteiger partial charge in [0.15, 0.2) is 22.5 Å². The van der Waals surface area contributed by atoms with E-state index in [-0.39, 0.29) is 34.8 Å². The summed E-state index contributed by atoms with van der Waals surface area (Å²) in [4.78, 5) is 44.0. The van der Waals surface area contributed by atoms with Gasteiger partial charge in [-0.15, -0.1) is 0 Å². The molecule has 2 aliphatic rings. The molecule has 218 valence electrons. The molecule has 1 fully saturated rings. The van der Waals surface area contributed by atoms with Gasteiger partial charge in [-0.05, 0) is 30.3 Å². The topological polar surface area (TPSA) is 112 Å². The highest BCUT2D eigenvalue weighted by atomic mass is 32.2. The van der Waals surface area contributed by atoms with Crippen LogP contribution < -0.4 is 15.5 Å². The van der Waals surface area contributed by atoms with Gasteiger partial charge in [0.25, 0.3) is 11.8 Å². The minimum absolute atomic E-state index is 0.0665. The van der Waals surface area contributed by atoms with Crippen LogP contribution in [0.3, 0.4) is 0 Å². The number of amidine groups is 1. The third kappa shape index (κ3) is 5.65. The lowest BCUT2D eigenvalue weighted by Crippen LogP contribution is -2.43. The lowest BCUT2D eigenvalue weighted by molar-refractivity contribution is 0.0975. The second kappa shape index (κ2) is 11.4. The number of pyridine rings is 1. The third-order valence-electron chi connectivity index (χ3n) is 7.13. The van der Waals surface area contributed by atoms with Crippen LogP contribution in [-0.4, -0.2) is 50.8 Å². The maximum atomic E-state index is 15.7. The molecular formula is C29H21F4N7O2S. The van der Waals surface area contributed by atoms with E-state index in [0.29, 0.717) is 30.1 Å². The van der Waals surface area contributed by atoms with Crippen molar-refractivity contribution >= 4 is 40.4 Å². The van der Waals surface area contributed by atoms with Crippen molar-refractivity contribution in [3.63, 3.8) is 0 Å². The van der Waals surface area contributed by atoms with E-state index in [0.717, 1.165) is 18.5 Å². The van der Waals surface area contributed by atoms with E-state index in [4.69, 9.17) is 4.99 Å². The molecule has 2 amide bonds. The number of fused-ring (bicyclic) bond motifs is 1. The van der Waals surface area contributed by atoms with Crippen molar-refractivity contribution in [3.05, 3.63) is 113 Å². The van der Waals surface area contributed by atoms with Crippen LogP contribution in [0.1, 0.15) is 26.4 Å². The number of amides is 2. The lowest BCUT2D eigenvalue weighted by atomic mass is 9.81. The summed E-state index contributed by atoms with van der Waals surface area (Å²) in [6, 6.07) is 12.9. The van der Waals surface area contributed by atoms with Crippen LogP contribution in [-0.2, 0) is 5.54 Å². The van der Waals surface area contributed by atoms with E-state index in [1.165, 1.54) is 23.9 Å². The van der Waals surface area contributed by atoms with Crippen molar-refractivity contribution < 1.29 is 27.2 Å². The summed E-state index contributed by atoms with van der Waals surface area (Å²) in [5, 5.41) is 5.55. The SMILES string of the molecule is O=C(NC1=NC2(c3cc(NC(=O)c4ncc(F)cc4F)ccc3F)CN(c3ncc(F)cn3)C[C@H]2CS1)c1ccccc1. The fraction of sp³-hybridized carbons (Fsp3) is 0.172. The highest BCUT2D eigenvalue weighted by Gasteiger charge is 2.52. The summed E-state index contributed by atoms with van der Waals surface area (Å²) < 4.78 is 56.7. The zero-order chi connectivity index (χ0) is 30.1. The molecule has 0 bridgehead atoms. The highest BCUT2D eigenvalue weighted by molar-refractivity contribution is 8.13. The molecule has 1 saturated heterocycles. The second-order valence-corrected chi connectivity index (χ2v) is 10.9. The Morgan fingerprint density at radius 1 is 0.860 bits per heavy atom. The predicted molar refractivity (Wildman–Crippen MR) is 152 cm³/mol. The number of hydrogen-bond donors (Lipinski definition) is 2. The smallest absolute Gasteiger partial charge is 0.277 e. The van der Waals surface area contributed by atoms with Gasteiger partial charge in [0.1, 0.15) is 17.2 Å². The summed E-state index contributed by atoms with van der Waals surface area (Å²) in [5.74, 6) is -4.39. The van der Waals surface area contributed by atoms with E-state index in [9.17, 15) is 22.8 Å². The monoisotopic (exact) mass is 607 g/mol. The number of carbonyl (C=O) groups is 2. The normalized spacial score (nSPS) is 19.4. The summed E-state index contributed by atoms with van der Waals surface area (Å²) in [7, 11) is 0. The van der Waals surface area contributed by atoms with Crippen LogP contribution in [0.4, 0.5) is 29.2 Å². The third-order valence-corrected chi connectivity index (χ3v) is 8.17. The molecule has 2 N–H and O–H groups in total. The first-order valence-corrected chi connectivity index (χ1v) is 13.9. The number of carbonyl (C=O) groups excluding carboxylic acids is 2. The number of hydrogen-bond acceptors (Lipinski definition) is 8. The molecule has 4 heterocycles. The molecule has 0 radical (unpaired) electrons. The molecule has 2 atom stereocenters. The van der Waals surface area contributed by atoms with Crippen LogP contribution in [0.25, 0.3) is 0 Å². The first-order valence-electron chi connectivity index (χ1n) is 13.0. The minimum Gasteiger partial charge on any atom is -0.338 e. The first-order chi connectivity index (χ1) is 20.7. The van der Waals surface area contributed by atoms with Crippen LogP contribution in [0.2, 0.25) is 0 Å². The molecule has 0 saturated carbocycles. The van der Waals surface area contributed by atoms with Gasteiger partial charge in [-0.25, -0.2) is 37.5 Å². The lowest BCUT2D eigenvalue weighted by Gasteiger charge is -2.35. The molecule has 43 heavy (non-hydrogen) atoms. The van der Waals surface area contributed by atoms with Gasteiger partial charge < -0.3 is 15.5 Å². The van der Waals surface area contributed by atoms with Crippen LogP contribution in [0.5, 0.6) is 0 Å². The molecule has 0 spiro atoms. The summed E-state index contributed by atoms with van der Waals surface area (Å²) in [5.41, 5.74) is -1.31. The Hall–Kier alpha value is -4.85. The van der Waals surface area contributed by atoms with E-state index in [1.54, 1.807) is 35.2 Å². The van der Waals surface area contributed by atoms with E-state index in [1.807, 2.05) is 0 Å². The van der Waals surface area contributed by atoms with Crippen molar-refractivity contribution in [2.75, 3.05) is 29.1 Å². The van der Waals surface area contributed by atoms with Crippen LogP contribution >= 0.6 is 11.8 Å². The van der Waals surface area contributed by atoms with Gasteiger partial charge in [-0.2, -0.15) is 0 Å². The van der Waals surface area contributed by atoms with Crippen molar-refractivity contribution in [2.45, 2.75) is 5.54 Å². The molecule has 0 aliphatic carbocycles. The molecule has 2 aromatic carbocycles. The number of nitrogens with zero attached hydrogens (tertiary/aromatic N) is 5. The first kappa shape index (κ1) is 28.3. The molecule has 6 rings (SSSR count). The second-order valence-electron chi connectivity index (χ2n) is 9.88. The van der Waals surface area contributed by atoms with Gasteiger partial charge >= 0.3 is 0 Å². The summed E-state index contributed by atoms with van der Waals surface area (Å²) in [6.07, 6.45) is 2.77. The van der Waals surface area contributed by atoms with Crippen molar-refractivity contribution in [1.29, 1.82) is 0 Å². The standard InChI is InChI=1S/C29H21F4N7O2S/c30-18-8-23(33)24(34-10-18)26(42)37-20-6-7-22(32)21(9-20)29-15-40(27-35-11-19(31)12-36-27)13-17(29)14-43-28(39-29)38-25(41)16-4-2-1-3-5-16/h1-12,17H,13-15H2,(H,37,42)(H,38,39,41)/t17-,29?/m0/s1. The fourth-order valence-electron chi connectivity index (χ4n) is 5.13. The summed E-state index contributed by atoms with van der Waals surface area (Å²) in [6.45, 7) is 0.403. The fourth-order valence-corrected chi connectivity index (χ4v) is 6.26. The van der Waals surface area contributed by atoms with Gasteiger partial charge in [0, 0.05) is 41.1 Å². The Morgan fingerprint density at radius 3 is 2.35 bits per heavy atom. The average Bonchev–Trinajstić information content (AvgIpc) is 3.38. The molecule has 4 aromatic rings. The molecule has 14 heteroatoms. The van der Waals surface area contributed by atoms with Crippen LogP contribution in [0, 0.1) is 29.2 Å². The Labute approximate surface area is 246 Å².